The minimum Gasteiger partial charge on any atom is -0.424 e. The van der Waals surface area contributed by atoms with Gasteiger partial charge in [-0.3, -0.25) is 4.79 Å². The standard InChI is InChI=1S/C21H14N6O2S2/c22-10-13-2-4-15(30-13)12-1-3-14-16(7-12)31-20(24-14)9-19-27-26-18(29-19)8-17(28)25-21(11-23)5-6-21/h1-4,7H,5-6,8-9H2,(H,25,28). The first-order valence-corrected chi connectivity index (χ1v) is 11.1. The Morgan fingerprint density at radius 1 is 1.16 bits per heavy atom. The first-order chi connectivity index (χ1) is 15.1. The number of amides is 1. The van der Waals surface area contributed by atoms with Crippen LogP contribution in [-0.4, -0.2) is 26.6 Å². The Morgan fingerprint density at radius 3 is 2.74 bits per heavy atom. The summed E-state index contributed by atoms with van der Waals surface area (Å²) < 4.78 is 6.63. The van der Waals surface area contributed by atoms with Gasteiger partial charge in [0.25, 0.3) is 0 Å². The number of nitrogens with zero attached hydrogens (tertiary/aromatic N) is 5. The van der Waals surface area contributed by atoms with E-state index in [2.05, 4.69) is 38.7 Å². The fraction of sp³-hybridized carbons (Fsp3) is 0.238. The normalized spacial score (nSPS) is 14.1. The van der Waals surface area contributed by atoms with Crippen LogP contribution in [0.2, 0.25) is 0 Å². The number of thiophene rings is 1. The molecule has 1 saturated carbocycles. The summed E-state index contributed by atoms with van der Waals surface area (Å²) in [5, 5.41) is 29.6. The van der Waals surface area contributed by atoms with Gasteiger partial charge in [0.1, 0.15) is 27.9 Å². The molecule has 8 nitrogen and oxygen atoms in total. The molecule has 1 aliphatic carbocycles. The largest absolute Gasteiger partial charge is 0.424 e. The Hall–Kier alpha value is -3.60. The monoisotopic (exact) mass is 446 g/mol. The van der Waals surface area contributed by atoms with Gasteiger partial charge in [-0.1, -0.05) is 6.07 Å². The van der Waals surface area contributed by atoms with Crippen LogP contribution in [0.15, 0.2) is 34.7 Å². The zero-order valence-corrected chi connectivity index (χ0v) is 17.7. The SMILES string of the molecule is N#Cc1ccc(-c2ccc3nc(Cc4nnc(CC(=O)NC5(C#N)CC5)o4)sc3c2)s1. The van der Waals surface area contributed by atoms with Crippen molar-refractivity contribution in [2.75, 3.05) is 0 Å². The number of carbonyl (C=O) groups excluding carboxylic acids is 1. The van der Waals surface area contributed by atoms with Gasteiger partial charge < -0.3 is 9.73 Å². The molecular formula is C21H14N6O2S2. The number of benzene rings is 1. The van der Waals surface area contributed by atoms with Crippen LogP contribution in [0.5, 0.6) is 0 Å². The summed E-state index contributed by atoms with van der Waals surface area (Å²) in [5.41, 5.74) is 1.22. The second kappa shape index (κ2) is 7.58. The zero-order chi connectivity index (χ0) is 21.4. The summed E-state index contributed by atoms with van der Waals surface area (Å²) in [6.07, 6.45) is 1.68. The van der Waals surface area contributed by atoms with Crippen LogP contribution in [0.3, 0.4) is 0 Å². The lowest BCUT2D eigenvalue weighted by Crippen LogP contribution is -2.36. The maximum absolute atomic E-state index is 12.1. The van der Waals surface area contributed by atoms with E-state index in [0.29, 0.717) is 30.0 Å². The molecule has 1 fully saturated rings. The van der Waals surface area contributed by atoms with Gasteiger partial charge in [-0.25, -0.2) is 4.98 Å². The lowest BCUT2D eigenvalue weighted by Gasteiger charge is -2.06. The quantitative estimate of drug-likeness (QED) is 0.479. The van der Waals surface area contributed by atoms with Crippen molar-refractivity contribution < 1.29 is 9.21 Å². The van der Waals surface area contributed by atoms with E-state index < -0.39 is 5.54 Å². The molecule has 152 valence electrons. The average molecular weight is 447 g/mol. The molecule has 31 heavy (non-hydrogen) atoms. The van der Waals surface area contributed by atoms with Crippen LogP contribution >= 0.6 is 22.7 Å². The van der Waals surface area contributed by atoms with Crippen molar-refractivity contribution in [1.29, 1.82) is 10.5 Å². The van der Waals surface area contributed by atoms with Crippen molar-refractivity contribution in [3.05, 3.63) is 52.0 Å². The van der Waals surface area contributed by atoms with E-state index >= 15 is 0 Å². The highest BCUT2D eigenvalue weighted by Crippen LogP contribution is 2.34. The van der Waals surface area contributed by atoms with Gasteiger partial charge in [-0.05, 0) is 42.7 Å². The third-order valence-electron chi connectivity index (χ3n) is 4.90. The maximum Gasteiger partial charge on any atom is 0.230 e. The molecular weight excluding hydrogens is 432 g/mol. The molecule has 0 atom stereocenters. The number of aromatic nitrogens is 3. The number of fused-ring (bicyclic) bond motifs is 1. The van der Waals surface area contributed by atoms with Crippen molar-refractivity contribution >= 4 is 38.8 Å². The molecule has 1 aliphatic rings. The predicted molar refractivity (Wildman–Crippen MR) is 114 cm³/mol. The van der Waals surface area contributed by atoms with Crippen LogP contribution in [0.4, 0.5) is 0 Å². The maximum atomic E-state index is 12.1. The van der Waals surface area contributed by atoms with Gasteiger partial charge in [0, 0.05) is 4.88 Å². The Balaban J connectivity index is 1.28. The second-order valence-corrected chi connectivity index (χ2v) is 9.45. The predicted octanol–water partition coefficient (Wildman–Crippen LogP) is 3.59. The third-order valence-corrected chi connectivity index (χ3v) is 6.96. The van der Waals surface area contributed by atoms with E-state index in [4.69, 9.17) is 14.9 Å². The van der Waals surface area contributed by atoms with Crippen molar-refractivity contribution in [2.24, 2.45) is 0 Å². The van der Waals surface area contributed by atoms with Crippen LogP contribution in [0.1, 0.15) is 34.5 Å². The molecule has 10 heteroatoms. The summed E-state index contributed by atoms with van der Waals surface area (Å²) in [6.45, 7) is 0. The molecule has 0 aliphatic heterocycles. The van der Waals surface area contributed by atoms with Crippen molar-refractivity contribution in [3.63, 3.8) is 0 Å². The fourth-order valence-electron chi connectivity index (χ4n) is 3.15. The highest BCUT2D eigenvalue weighted by molar-refractivity contribution is 7.18. The minimum atomic E-state index is -0.709. The summed E-state index contributed by atoms with van der Waals surface area (Å²) in [7, 11) is 0. The molecule has 0 unspecified atom stereocenters. The lowest BCUT2D eigenvalue weighted by atomic mass is 10.2. The molecule has 0 spiro atoms. The van der Waals surface area contributed by atoms with Gasteiger partial charge >= 0.3 is 0 Å². The van der Waals surface area contributed by atoms with Crippen LogP contribution in [-0.2, 0) is 17.6 Å². The lowest BCUT2D eigenvalue weighted by molar-refractivity contribution is -0.121. The number of thiazole rings is 1. The number of hydrogen-bond donors (Lipinski definition) is 1. The summed E-state index contributed by atoms with van der Waals surface area (Å²) in [6, 6.07) is 14.1. The van der Waals surface area contributed by atoms with Crippen LogP contribution < -0.4 is 5.32 Å². The smallest absolute Gasteiger partial charge is 0.230 e. The molecule has 1 amide bonds. The van der Waals surface area contributed by atoms with Gasteiger partial charge in [-0.15, -0.1) is 32.9 Å². The highest BCUT2D eigenvalue weighted by Gasteiger charge is 2.44. The Morgan fingerprint density at radius 2 is 2.00 bits per heavy atom. The van der Waals surface area contributed by atoms with E-state index in [9.17, 15) is 4.79 Å². The molecule has 0 radical (unpaired) electrons. The first kappa shape index (κ1) is 19.4. The Labute approximate surface area is 184 Å². The molecule has 5 rings (SSSR count). The van der Waals surface area contributed by atoms with Crippen molar-refractivity contribution in [2.45, 2.75) is 31.2 Å². The molecule has 1 aromatic carbocycles. The summed E-state index contributed by atoms with van der Waals surface area (Å²) in [4.78, 5) is 18.4. The average Bonchev–Trinajstić information content (AvgIpc) is 3.13. The van der Waals surface area contributed by atoms with E-state index in [0.717, 1.165) is 25.7 Å². The van der Waals surface area contributed by atoms with Crippen molar-refractivity contribution in [3.8, 4) is 22.6 Å². The number of rotatable bonds is 6. The minimum absolute atomic E-state index is 0.0505. The fourth-order valence-corrected chi connectivity index (χ4v) is 4.95. The molecule has 1 N–H and O–H groups in total. The molecule has 3 aromatic heterocycles. The highest BCUT2D eigenvalue weighted by atomic mass is 32.1. The number of hydrogen-bond acceptors (Lipinski definition) is 9. The zero-order valence-electron chi connectivity index (χ0n) is 16.1. The van der Waals surface area contributed by atoms with E-state index in [1.165, 1.54) is 11.3 Å². The Kier molecular flexibility index (Phi) is 4.74. The van der Waals surface area contributed by atoms with E-state index in [-0.39, 0.29) is 18.2 Å². The molecule has 3 heterocycles. The second-order valence-electron chi connectivity index (χ2n) is 7.25. The van der Waals surface area contributed by atoms with Gasteiger partial charge in [0.15, 0.2) is 0 Å². The van der Waals surface area contributed by atoms with E-state index in [1.807, 2.05) is 24.3 Å². The third kappa shape index (κ3) is 4.04. The van der Waals surface area contributed by atoms with Gasteiger partial charge in [-0.2, -0.15) is 10.5 Å². The molecule has 4 aromatic rings. The first-order valence-electron chi connectivity index (χ1n) is 9.49. The number of nitrogens with one attached hydrogen (secondary N) is 1. The molecule has 0 saturated heterocycles. The summed E-state index contributed by atoms with van der Waals surface area (Å²) in [5.74, 6) is 0.311. The number of carbonyl (C=O) groups is 1. The Bertz CT molecular complexity index is 1380. The molecule has 0 bridgehead atoms. The van der Waals surface area contributed by atoms with Gasteiger partial charge in [0.05, 0.1) is 22.7 Å². The topological polar surface area (TPSA) is 128 Å². The summed E-state index contributed by atoms with van der Waals surface area (Å²) >= 11 is 3.00. The van der Waals surface area contributed by atoms with Crippen LogP contribution in [0, 0.1) is 22.7 Å². The number of nitriles is 2. The van der Waals surface area contributed by atoms with E-state index in [1.54, 1.807) is 11.3 Å². The van der Waals surface area contributed by atoms with Crippen molar-refractivity contribution in [1.82, 2.24) is 20.5 Å². The van der Waals surface area contributed by atoms with Crippen LogP contribution in [0.25, 0.3) is 20.7 Å². The van der Waals surface area contributed by atoms with Gasteiger partial charge in [0.2, 0.25) is 17.7 Å².